The first kappa shape index (κ1) is 12.6. The summed E-state index contributed by atoms with van der Waals surface area (Å²) in [5.41, 5.74) is 2.41. The number of H-pyrrole nitrogens is 1. The predicted molar refractivity (Wildman–Crippen MR) is 71.6 cm³/mol. The van der Waals surface area contributed by atoms with Crippen molar-refractivity contribution < 1.29 is 4.74 Å². The fourth-order valence-electron chi connectivity index (χ4n) is 1.85. The number of nitrogens with zero attached hydrogens (tertiary/aromatic N) is 1. The van der Waals surface area contributed by atoms with Gasteiger partial charge in [-0.05, 0) is 31.0 Å². The first-order valence-electron chi connectivity index (χ1n) is 6.11. The van der Waals surface area contributed by atoms with E-state index in [1.165, 1.54) is 5.56 Å². The number of ether oxygens (including phenoxy) is 1. The first-order valence-corrected chi connectivity index (χ1v) is 6.11. The molecule has 1 heterocycles. The fraction of sp³-hybridized carbons (Fsp3) is 0.357. The van der Waals surface area contributed by atoms with E-state index < -0.39 is 0 Å². The SMILES string of the molecule is COc1ccc(CC(C)NCc2cnc[nH]2)cc1. The quantitative estimate of drug-likeness (QED) is 0.819. The largest absolute Gasteiger partial charge is 0.497 e. The molecule has 4 nitrogen and oxygen atoms in total. The average molecular weight is 245 g/mol. The highest BCUT2D eigenvalue weighted by Gasteiger charge is 2.04. The number of hydrogen-bond donors (Lipinski definition) is 2. The molecule has 0 aliphatic rings. The predicted octanol–water partition coefficient (Wildman–Crippen LogP) is 2.14. The number of hydrogen-bond acceptors (Lipinski definition) is 3. The summed E-state index contributed by atoms with van der Waals surface area (Å²) in [5.74, 6) is 0.900. The molecule has 0 radical (unpaired) electrons. The molecule has 2 rings (SSSR count). The zero-order valence-electron chi connectivity index (χ0n) is 10.8. The molecule has 0 bridgehead atoms. The number of aromatic amines is 1. The van der Waals surface area contributed by atoms with Crippen molar-refractivity contribution in [1.82, 2.24) is 15.3 Å². The van der Waals surface area contributed by atoms with E-state index >= 15 is 0 Å². The van der Waals surface area contributed by atoms with Crippen LogP contribution in [0.15, 0.2) is 36.8 Å². The molecule has 0 saturated heterocycles. The summed E-state index contributed by atoms with van der Waals surface area (Å²) in [6.45, 7) is 3.00. The van der Waals surface area contributed by atoms with Crippen LogP contribution in [0.4, 0.5) is 0 Å². The lowest BCUT2D eigenvalue weighted by atomic mass is 10.1. The van der Waals surface area contributed by atoms with Crippen LogP contribution < -0.4 is 10.1 Å². The second-order valence-corrected chi connectivity index (χ2v) is 4.41. The summed E-state index contributed by atoms with van der Waals surface area (Å²) in [7, 11) is 1.68. The van der Waals surface area contributed by atoms with Crippen LogP contribution in [-0.4, -0.2) is 23.1 Å². The topological polar surface area (TPSA) is 49.9 Å². The monoisotopic (exact) mass is 245 g/mol. The van der Waals surface area contributed by atoms with Crippen molar-refractivity contribution >= 4 is 0 Å². The molecular weight excluding hydrogens is 226 g/mol. The van der Waals surface area contributed by atoms with Gasteiger partial charge in [0, 0.05) is 24.5 Å². The Kier molecular flexibility index (Phi) is 4.36. The van der Waals surface area contributed by atoms with Crippen LogP contribution in [0.2, 0.25) is 0 Å². The molecule has 0 aliphatic carbocycles. The standard InChI is InChI=1S/C14H19N3O/c1-11(16-9-13-8-15-10-17-13)7-12-3-5-14(18-2)6-4-12/h3-6,8,10-11,16H,7,9H2,1-2H3,(H,15,17). The highest BCUT2D eigenvalue weighted by Crippen LogP contribution is 2.12. The van der Waals surface area contributed by atoms with Crippen molar-refractivity contribution in [3.63, 3.8) is 0 Å². The second-order valence-electron chi connectivity index (χ2n) is 4.41. The molecule has 2 aromatic rings. The molecule has 0 aliphatic heterocycles. The van der Waals surface area contributed by atoms with Gasteiger partial charge in [-0.1, -0.05) is 12.1 Å². The van der Waals surface area contributed by atoms with E-state index in [9.17, 15) is 0 Å². The average Bonchev–Trinajstić information content (AvgIpc) is 2.90. The van der Waals surface area contributed by atoms with Gasteiger partial charge in [-0.15, -0.1) is 0 Å². The third-order valence-corrected chi connectivity index (χ3v) is 2.90. The number of aromatic nitrogens is 2. The summed E-state index contributed by atoms with van der Waals surface area (Å²) >= 11 is 0. The van der Waals surface area contributed by atoms with Crippen molar-refractivity contribution in [1.29, 1.82) is 0 Å². The molecule has 2 N–H and O–H groups in total. The van der Waals surface area contributed by atoms with Crippen molar-refractivity contribution in [3.05, 3.63) is 48.0 Å². The van der Waals surface area contributed by atoms with E-state index in [2.05, 4.69) is 34.3 Å². The maximum absolute atomic E-state index is 5.14. The number of imidazole rings is 1. The van der Waals surface area contributed by atoms with Gasteiger partial charge >= 0.3 is 0 Å². The van der Waals surface area contributed by atoms with E-state index in [4.69, 9.17) is 4.74 Å². The summed E-state index contributed by atoms with van der Waals surface area (Å²) < 4.78 is 5.14. The molecule has 0 amide bonds. The van der Waals surface area contributed by atoms with Gasteiger partial charge in [0.2, 0.25) is 0 Å². The van der Waals surface area contributed by atoms with Gasteiger partial charge < -0.3 is 15.0 Å². The van der Waals surface area contributed by atoms with Crippen molar-refractivity contribution in [2.75, 3.05) is 7.11 Å². The van der Waals surface area contributed by atoms with Crippen molar-refractivity contribution in [3.8, 4) is 5.75 Å². The Morgan fingerprint density at radius 2 is 2.11 bits per heavy atom. The van der Waals surface area contributed by atoms with E-state index in [0.29, 0.717) is 6.04 Å². The van der Waals surface area contributed by atoms with Crippen LogP contribution in [0.1, 0.15) is 18.2 Å². The molecule has 1 unspecified atom stereocenters. The van der Waals surface area contributed by atoms with Crippen molar-refractivity contribution in [2.45, 2.75) is 25.9 Å². The van der Waals surface area contributed by atoms with Gasteiger partial charge in [0.25, 0.3) is 0 Å². The summed E-state index contributed by atoms with van der Waals surface area (Å²) in [4.78, 5) is 7.08. The molecule has 96 valence electrons. The van der Waals surface area contributed by atoms with Gasteiger partial charge in [-0.2, -0.15) is 0 Å². The second kappa shape index (κ2) is 6.21. The zero-order chi connectivity index (χ0) is 12.8. The smallest absolute Gasteiger partial charge is 0.118 e. The minimum Gasteiger partial charge on any atom is -0.497 e. The lowest BCUT2D eigenvalue weighted by Crippen LogP contribution is -2.27. The Morgan fingerprint density at radius 1 is 1.33 bits per heavy atom. The van der Waals surface area contributed by atoms with E-state index in [1.54, 1.807) is 13.4 Å². The van der Waals surface area contributed by atoms with Crippen LogP contribution in [0, 0.1) is 0 Å². The summed E-state index contributed by atoms with van der Waals surface area (Å²) in [5, 5.41) is 3.46. The third-order valence-electron chi connectivity index (χ3n) is 2.90. The van der Waals surface area contributed by atoms with Crippen molar-refractivity contribution in [2.24, 2.45) is 0 Å². The highest BCUT2D eigenvalue weighted by molar-refractivity contribution is 5.27. The third kappa shape index (κ3) is 3.60. The van der Waals surface area contributed by atoms with Crippen LogP contribution in [0.5, 0.6) is 5.75 Å². The Morgan fingerprint density at radius 3 is 2.72 bits per heavy atom. The van der Waals surface area contributed by atoms with Gasteiger partial charge in [0.1, 0.15) is 5.75 Å². The maximum Gasteiger partial charge on any atom is 0.118 e. The summed E-state index contributed by atoms with van der Waals surface area (Å²) in [6.07, 6.45) is 4.54. The summed E-state index contributed by atoms with van der Waals surface area (Å²) in [6, 6.07) is 8.62. The lowest BCUT2D eigenvalue weighted by Gasteiger charge is -2.13. The van der Waals surface area contributed by atoms with Gasteiger partial charge in [-0.25, -0.2) is 4.98 Å². The molecule has 0 spiro atoms. The zero-order valence-corrected chi connectivity index (χ0v) is 10.8. The Hall–Kier alpha value is -1.81. The number of methoxy groups -OCH3 is 1. The van der Waals surface area contributed by atoms with E-state index in [0.717, 1.165) is 24.4 Å². The van der Waals surface area contributed by atoms with Crippen LogP contribution in [0.3, 0.4) is 0 Å². The normalized spacial score (nSPS) is 12.3. The van der Waals surface area contributed by atoms with Crippen LogP contribution in [-0.2, 0) is 13.0 Å². The minimum absolute atomic E-state index is 0.418. The number of benzene rings is 1. The van der Waals surface area contributed by atoms with E-state index in [-0.39, 0.29) is 0 Å². The number of nitrogens with one attached hydrogen (secondary N) is 2. The van der Waals surface area contributed by atoms with E-state index in [1.807, 2.05) is 18.3 Å². The van der Waals surface area contributed by atoms with Gasteiger partial charge in [-0.3, -0.25) is 0 Å². The molecule has 1 atom stereocenters. The lowest BCUT2D eigenvalue weighted by molar-refractivity contribution is 0.414. The highest BCUT2D eigenvalue weighted by atomic mass is 16.5. The minimum atomic E-state index is 0.418. The number of rotatable bonds is 6. The fourth-order valence-corrected chi connectivity index (χ4v) is 1.85. The molecule has 4 heteroatoms. The van der Waals surface area contributed by atoms with Crippen LogP contribution in [0.25, 0.3) is 0 Å². The van der Waals surface area contributed by atoms with Gasteiger partial charge in [0.15, 0.2) is 0 Å². The maximum atomic E-state index is 5.14. The molecule has 0 saturated carbocycles. The Balaban J connectivity index is 1.80. The molecule has 1 aromatic heterocycles. The molecular formula is C14H19N3O. The Bertz CT molecular complexity index is 450. The molecule has 1 aromatic carbocycles. The molecule has 0 fully saturated rings. The van der Waals surface area contributed by atoms with Crippen LogP contribution >= 0.6 is 0 Å². The Labute approximate surface area is 107 Å². The first-order chi connectivity index (χ1) is 8.78. The molecule has 18 heavy (non-hydrogen) atoms. The van der Waals surface area contributed by atoms with Gasteiger partial charge in [0.05, 0.1) is 13.4 Å².